The van der Waals surface area contributed by atoms with Gasteiger partial charge in [0.2, 0.25) is 0 Å². The molecule has 6 heteroatoms. The van der Waals surface area contributed by atoms with E-state index in [9.17, 15) is 14.4 Å². The van der Waals surface area contributed by atoms with Crippen LogP contribution in [0.25, 0.3) is 11.0 Å². The van der Waals surface area contributed by atoms with Gasteiger partial charge in [0.05, 0.1) is 16.6 Å². The molecule has 106 valence electrons. The molecule has 0 saturated carbocycles. The number of aromatic amines is 2. The highest BCUT2D eigenvalue weighted by Gasteiger charge is 2.16. The molecule has 1 aromatic carbocycles. The Bertz CT molecular complexity index is 975. The third-order valence-corrected chi connectivity index (χ3v) is 3.27. The van der Waals surface area contributed by atoms with Crippen molar-refractivity contribution < 1.29 is 9.21 Å². The zero-order valence-corrected chi connectivity index (χ0v) is 11.4. The lowest BCUT2D eigenvalue weighted by atomic mass is 10.0. The monoisotopic (exact) mass is 284 g/mol. The summed E-state index contributed by atoms with van der Waals surface area (Å²) in [4.78, 5) is 39.9. The molecule has 2 N–H and O–H groups in total. The van der Waals surface area contributed by atoms with E-state index in [2.05, 4.69) is 9.97 Å². The van der Waals surface area contributed by atoms with Gasteiger partial charge in [-0.25, -0.2) is 0 Å². The van der Waals surface area contributed by atoms with Gasteiger partial charge in [0.1, 0.15) is 11.5 Å². The maximum Gasteiger partial charge on any atom is 0.314 e. The summed E-state index contributed by atoms with van der Waals surface area (Å²) in [5, 5.41) is 0. The number of hydrogen-bond donors (Lipinski definition) is 2. The highest BCUT2D eigenvalue weighted by Crippen LogP contribution is 2.19. The molecule has 0 aliphatic rings. The van der Waals surface area contributed by atoms with E-state index < -0.39 is 11.1 Å². The van der Waals surface area contributed by atoms with Crippen molar-refractivity contribution in [1.29, 1.82) is 0 Å². The van der Waals surface area contributed by atoms with Crippen molar-refractivity contribution in [2.24, 2.45) is 0 Å². The summed E-state index contributed by atoms with van der Waals surface area (Å²) in [6.07, 6.45) is 0. The Morgan fingerprint density at radius 1 is 1.00 bits per heavy atom. The fourth-order valence-electron chi connectivity index (χ4n) is 2.27. The highest BCUT2D eigenvalue weighted by molar-refractivity contribution is 6.10. The fraction of sp³-hybridized carbons (Fsp3) is 0.133. The largest absolute Gasteiger partial charge is 0.466 e. The van der Waals surface area contributed by atoms with Gasteiger partial charge in [0.15, 0.2) is 5.78 Å². The second kappa shape index (κ2) is 4.59. The molecule has 21 heavy (non-hydrogen) atoms. The van der Waals surface area contributed by atoms with Crippen LogP contribution < -0.4 is 11.1 Å². The maximum atomic E-state index is 12.5. The van der Waals surface area contributed by atoms with Crippen LogP contribution in [0.2, 0.25) is 0 Å². The molecule has 0 spiro atoms. The van der Waals surface area contributed by atoms with Gasteiger partial charge in [-0.2, -0.15) is 0 Å². The first-order chi connectivity index (χ1) is 9.95. The lowest BCUT2D eigenvalue weighted by Gasteiger charge is -2.02. The van der Waals surface area contributed by atoms with Crippen molar-refractivity contribution in [2.45, 2.75) is 13.8 Å². The molecule has 0 unspecified atom stereocenters. The van der Waals surface area contributed by atoms with Gasteiger partial charge >= 0.3 is 11.1 Å². The third-order valence-electron chi connectivity index (χ3n) is 3.27. The van der Waals surface area contributed by atoms with Gasteiger partial charge in [0.25, 0.3) is 0 Å². The second-order valence-electron chi connectivity index (χ2n) is 4.82. The van der Waals surface area contributed by atoms with Crippen LogP contribution in [0.3, 0.4) is 0 Å². The van der Waals surface area contributed by atoms with Crippen molar-refractivity contribution in [1.82, 2.24) is 9.97 Å². The molecule has 0 radical (unpaired) electrons. The number of carbonyl (C=O) groups is 1. The summed E-state index contributed by atoms with van der Waals surface area (Å²) < 4.78 is 5.35. The van der Waals surface area contributed by atoms with Gasteiger partial charge in [0, 0.05) is 5.56 Å². The van der Waals surface area contributed by atoms with E-state index in [0.29, 0.717) is 33.7 Å². The summed E-state index contributed by atoms with van der Waals surface area (Å²) in [6.45, 7) is 3.49. The number of nitrogens with one attached hydrogen (secondary N) is 2. The first-order valence-corrected chi connectivity index (χ1v) is 6.34. The average Bonchev–Trinajstić information content (AvgIpc) is 2.78. The van der Waals surface area contributed by atoms with E-state index in [1.54, 1.807) is 32.0 Å². The normalized spacial score (nSPS) is 11.0. The summed E-state index contributed by atoms with van der Waals surface area (Å²) in [5.74, 6) is 1.01. The van der Waals surface area contributed by atoms with Gasteiger partial charge in [-0.3, -0.25) is 14.4 Å². The highest BCUT2D eigenvalue weighted by atomic mass is 16.3. The topological polar surface area (TPSA) is 95.9 Å². The molecule has 0 fully saturated rings. The number of aromatic nitrogens is 2. The standard InChI is InChI=1S/C15H12N2O4/c1-7-5-10(8(2)21-7)13(18)9-3-4-11-12(6-9)17-15(20)14(19)16-11/h3-6H,1-2H3,(H,16,19)(H,17,20). The van der Waals surface area contributed by atoms with Crippen molar-refractivity contribution >= 4 is 16.8 Å². The molecule has 2 aromatic heterocycles. The SMILES string of the molecule is Cc1cc(C(=O)c2ccc3[nH]c(=O)c(=O)[nH]c3c2)c(C)o1. The minimum Gasteiger partial charge on any atom is -0.466 e. The van der Waals surface area contributed by atoms with Crippen LogP contribution in [-0.2, 0) is 0 Å². The van der Waals surface area contributed by atoms with E-state index in [1.807, 2.05) is 0 Å². The van der Waals surface area contributed by atoms with Gasteiger partial charge in [-0.1, -0.05) is 0 Å². The third kappa shape index (κ3) is 2.20. The maximum absolute atomic E-state index is 12.5. The number of carbonyl (C=O) groups excluding carboxylic acids is 1. The van der Waals surface area contributed by atoms with E-state index >= 15 is 0 Å². The Hall–Kier alpha value is -2.89. The molecule has 0 saturated heterocycles. The minimum atomic E-state index is -0.748. The number of rotatable bonds is 2. The van der Waals surface area contributed by atoms with Crippen molar-refractivity contribution in [3.8, 4) is 0 Å². The number of H-pyrrole nitrogens is 2. The zero-order valence-electron chi connectivity index (χ0n) is 11.4. The number of furan rings is 1. The second-order valence-corrected chi connectivity index (χ2v) is 4.82. The molecule has 3 aromatic rings. The molecule has 0 bridgehead atoms. The Kier molecular flexibility index (Phi) is 2.86. The Morgan fingerprint density at radius 3 is 2.29 bits per heavy atom. The van der Waals surface area contributed by atoms with Gasteiger partial charge < -0.3 is 14.4 Å². The number of benzene rings is 1. The van der Waals surface area contributed by atoms with Gasteiger partial charge in [-0.05, 0) is 38.1 Å². The number of fused-ring (bicyclic) bond motifs is 1. The Morgan fingerprint density at radius 2 is 1.67 bits per heavy atom. The Labute approximate surface area is 118 Å². The number of aryl methyl sites for hydroxylation is 2. The molecular formula is C15H12N2O4. The average molecular weight is 284 g/mol. The summed E-state index contributed by atoms with van der Waals surface area (Å²) in [6, 6.07) is 6.40. The smallest absolute Gasteiger partial charge is 0.314 e. The van der Waals surface area contributed by atoms with Crippen LogP contribution >= 0.6 is 0 Å². The Balaban J connectivity index is 2.15. The zero-order chi connectivity index (χ0) is 15.1. The van der Waals surface area contributed by atoms with Crippen molar-refractivity contribution in [2.75, 3.05) is 0 Å². The van der Waals surface area contributed by atoms with Gasteiger partial charge in [-0.15, -0.1) is 0 Å². The summed E-state index contributed by atoms with van der Waals surface area (Å²) in [5.41, 5.74) is 0.303. The molecule has 0 amide bonds. The quantitative estimate of drug-likeness (QED) is 0.552. The first-order valence-electron chi connectivity index (χ1n) is 6.34. The predicted molar refractivity (Wildman–Crippen MR) is 76.8 cm³/mol. The van der Waals surface area contributed by atoms with Crippen molar-refractivity contribution in [3.63, 3.8) is 0 Å². The molecule has 0 aliphatic carbocycles. The minimum absolute atomic E-state index is 0.196. The van der Waals surface area contributed by atoms with E-state index in [0.717, 1.165) is 0 Å². The fourth-order valence-corrected chi connectivity index (χ4v) is 2.27. The van der Waals surface area contributed by atoms with E-state index in [-0.39, 0.29) is 5.78 Å². The van der Waals surface area contributed by atoms with Crippen LogP contribution in [0.5, 0.6) is 0 Å². The number of ketones is 1. The summed E-state index contributed by atoms with van der Waals surface area (Å²) in [7, 11) is 0. The van der Waals surface area contributed by atoms with E-state index in [1.165, 1.54) is 6.07 Å². The van der Waals surface area contributed by atoms with Crippen LogP contribution in [0.1, 0.15) is 27.4 Å². The van der Waals surface area contributed by atoms with Crippen LogP contribution in [-0.4, -0.2) is 15.8 Å². The van der Waals surface area contributed by atoms with Crippen molar-refractivity contribution in [3.05, 3.63) is 67.6 Å². The molecule has 3 rings (SSSR count). The van der Waals surface area contributed by atoms with Crippen LogP contribution in [0, 0.1) is 13.8 Å². The van der Waals surface area contributed by atoms with E-state index in [4.69, 9.17) is 4.42 Å². The lowest BCUT2D eigenvalue weighted by Crippen LogP contribution is -2.28. The molecule has 6 nitrogen and oxygen atoms in total. The molecule has 0 atom stereocenters. The summed E-state index contributed by atoms with van der Waals surface area (Å²) >= 11 is 0. The predicted octanol–water partition coefficient (Wildman–Crippen LogP) is 1.66. The molecule has 2 heterocycles. The lowest BCUT2D eigenvalue weighted by molar-refractivity contribution is 0.103. The molecule has 0 aliphatic heterocycles. The first kappa shape index (κ1) is 13.1. The van der Waals surface area contributed by atoms with Crippen LogP contribution in [0.15, 0.2) is 38.3 Å². The molecular weight excluding hydrogens is 272 g/mol. The van der Waals surface area contributed by atoms with Crippen LogP contribution in [0.4, 0.5) is 0 Å². The number of hydrogen-bond acceptors (Lipinski definition) is 4.